The monoisotopic (exact) mass is 441 g/mol. The molecule has 0 heterocycles. The van der Waals surface area contributed by atoms with Crippen LogP contribution in [0.5, 0.6) is 5.75 Å². The van der Waals surface area contributed by atoms with Crippen LogP contribution in [-0.4, -0.2) is 18.2 Å². The summed E-state index contributed by atoms with van der Waals surface area (Å²) in [7, 11) is 0. The Balaban J connectivity index is 1.88. The molecule has 1 fully saturated rings. The molecule has 2 aromatic carbocycles. The van der Waals surface area contributed by atoms with Crippen molar-refractivity contribution in [2.75, 3.05) is 4.90 Å². The van der Waals surface area contributed by atoms with E-state index >= 15 is 0 Å². The molecule has 0 radical (unpaired) electrons. The number of nitrogens with zero attached hydrogens (tertiary/aromatic N) is 1. The van der Waals surface area contributed by atoms with Crippen molar-refractivity contribution in [3.63, 3.8) is 0 Å². The van der Waals surface area contributed by atoms with E-state index in [0.29, 0.717) is 23.9 Å². The van der Waals surface area contributed by atoms with Crippen molar-refractivity contribution in [1.29, 1.82) is 0 Å². The van der Waals surface area contributed by atoms with Gasteiger partial charge in [0.1, 0.15) is 11.5 Å². The van der Waals surface area contributed by atoms with Crippen molar-refractivity contribution in [2.45, 2.75) is 44.6 Å². The van der Waals surface area contributed by atoms with E-state index in [1.54, 1.807) is 6.07 Å². The number of carbonyl (C=O) groups is 1. The molecule has 27 heavy (non-hydrogen) atoms. The quantitative estimate of drug-likeness (QED) is 0.581. The van der Waals surface area contributed by atoms with Gasteiger partial charge in [-0.15, -0.1) is 13.2 Å². The van der Waals surface area contributed by atoms with Crippen LogP contribution in [0.25, 0.3) is 0 Å². The molecule has 0 aromatic heterocycles. The molecule has 1 saturated carbocycles. The van der Waals surface area contributed by atoms with Crippen LogP contribution in [0.3, 0.4) is 0 Å². The number of ether oxygens (including phenoxy) is 1. The summed E-state index contributed by atoms with van der Waals surface area (Å²) in [6.45, 7) is 0.609. The smallest absolute Gasteiger partial charge is 0.406 e. The average molecular weight is 442 g/mol. The maximum absolute atomic E-state index is 12.5. The summed E-state index contributed by atoms with van der Waals surface area (Å²) in [5, 5.41) is 0. The van der Waals surface area contributed by atoms with Crippen molar-refractivity contribution in [3.05, 3.63) is 58.6 Å². The molecule has 0 bridgehead atoms. The maximum atomic E-state index is 12.5. The Kier molecular flexibility index (Phi) is 6.09. The van der Waals surface area contributed by atoms with Gasteiger partial charge in [-0.3, -0.25) is 4.79 Å². The highest BCUT2D eigenvalue weighted by molar-refractivity contribution is 9.10. The summed E-state index contributed by atoms with van der Waals surface area (Å²) in [4.78, 5) is 13.8. The molecule has 3 nitrogen and oxygen atoms in total. The first-order chi connectivity index (χ1) is 12.8. The predicted molar refractivity (Wildman–Crippen MR) is 101 cm³/mol. The van der Waals surface area contributed by atoms with Crippen LogP contribution in [-0.2, 0) is 11.3 Å². The zero-order chi connectivity index (χ0) is 19.4. The van der Waals surface area contributed by atoms with Crippen LogP contribution >= 0.6 is 15.9 Å². The zero-order valence-corrected chi connectivity index (χ0v) is 16.1. The van der Waals surface area contributed by atoms with Crippen LogP contribution in [0.1, 0.15) is 31.2 Å². The van der Waals surface area contributed by atoms with Crippen molar-refractivity contribution in [1.82, 2.24) is 0 Å². The van der Waals surface area contributed by atoms with Crippen LogP contribution in [0.2, 0.25) is 0 Å². The van der Waals surface area contributed by atoms with E-state index < -0.39 is 6.36 Å². The molecular weight excluding hydrogens is 423 g/mol. The third-order valence-corrected chi connectivity index (χ3v) is 5.25. The second-order valence-corrected chi connectivity index (χ2v) is 7.40. The maximum Gasteiger partial charge on any atom is 0.573 e. The first-order valence-corrected chi connectivity index (χ1v) is 9.49. The van der Waals surface area contributed by atoms with Gasteiger partial charge in [-0.05, 0) is 52.5 Å². The number of benzene rings is 2. The second kappa shape index (κ2) is 8.33. The minimum atomic E-state index is -4.73. The van der Waals surface area contributed by atoms with Gasteiger partial charge in [0.25, 0.3) is 0 Å². The number of anilines is 1. The van der Waals surface area contributed by atoms with Gasteiger partial charge in [-0.1, -0.05) is 30.3 Å². The molecule has 0 aliphatic heterocycles. The van der Waals surface area contributed by atoms with Crippen LogP contribution in [0.15, 0.2) is 53.0 Å². The Hall–Kier alpha value is -2.02. The third-order valence-electron chi connectivity index (χ3n) is 4.61. The van der Waals surface area contributed by atoms with E-state index in [1.807, 2.05) is 30.3 Å². The average Bonchev–Trinajstić information content (AvgIpc) is 2.61. The highest BCUT2D eigenvalue weighted by Crippen LogP contribution is 2.36. The lowest BCUT2D eigenvalue weighted by atomic mass is 9.92. The Bertz CT molecular complexity index is 786. The number of alkyl halides is 3. The molecule has 1 aliphatic rings. The molecule has 0 saturated heterocycles. The summed E-state index contributed by atoms with van der Waals surface area (Å²) in [5.41, 5.74) is 1.88. The Morgan fingerprint density at radius 2 is 1.74 bits per heavy atom. The van der Waals surface area contributed by atoms with E-state index in [2.05, 4.69) is 25.6 Å². The number of hydrogen-bond donors (Lipinski definition) is 0. The lowest BCUT2D eigenvalue weighted by Crippen LogP contribution is -2.38. The number of halogens is 4. The van der Waals surface area contributed by atoms with Crippen LogP contribution in [0.4, 0.5) is 18.9 Å². The van der Waals surface area contributed by atoms with Gasteiger partial charge in [0.05, 0.1) is 5.69 Å². The van der Waals surface area contributed by atoms with Gasteiger partial charge in [-0.25, -0.2) is 0 Å². The highest BCUT2D eigenvalue weighted by atomic mass is 79.9. The number of hydrogen-bond acceptors (Lipinski definition) is 3. The van der Waals surface area contributed by atoms with E-state index in [-0.39, 0.29) is 17.6 Å². The minimum Gasteiger partial charge on any atom is -0.406 e. The Morgan fingerprint density at radius 3 is 2.33 bits per heavy atom. The van der Waals surface area contributed by atoms with E-state index in [4.69, 9.17) is 0 Å². The van der Waals surface area contributed by atoms with Crippen molar-refractivity contribution in [3.8, 4) is 5.75 Å². The highest BCUT2D eigenvalue weighted by Gasteiger charge is 2.32. The van der Waals surface area contributed by atoms with Gasteiger partial charge in [-0.2, -0.15) is 0 Å². The molecule has 0 atom stereocenters. The lowest BCUT2D eigenvalue weighted by molar-refractivity contribution is -0.274. The Morgan fingerprint density at radius 1 is 1.07 bits per heavy atom. The van der Waals surface area contributed by atoms with Crippen LogP contribution < -0.4 is 9.64 Å². The fourth-order valence-corrected chi connectivity index (χ4v) is 3.93. The molecular formula is C20H19BrF3NO2. The third kappa shape index (κ3) is 5.48. The van der Waals surface area contributed by atoms with Gasteiger partial charge < -0.3 is 9.64 Å². The standard InChI is InChI=1S/C20H19BrF3NO2/c21-18-12-17(27-20(22,23)24)10-11-19(18)25(13-14-4-2-1-3-5-14)15-6-8-16(26)9-7-15/h1-5,10-12,15H,6-9,13H2. The molecule has 144 valence electrons. The van der Waals surface area contributed by atoms with E-state index in [9.17, 15) is 18.0 Å². The van der Waals surface area contributed by atoms with Crippen molar-refractivity contribution in [2.24, 2.45) is 0 Å². The molecule has 3 rings (SSSR count). The molecule has 7 heteroatoms. The van der Waals surface area contributed by atoms with Gasteiger partial charge in [0.2, 0.25) is 0 Å². The fraction of sp³-hybridized carbons (Fsp3) is 0.350. The predicted octanol–water partition coefficient (Wildman–Crippen LogP) is 5.87. The number of rotatable bonds is 5. The van der Waals surface area contributed by atoms with E-state index in [1.165, 1.54) is 12.1 Å². The summed E-state index contributed by atoms with van der Waals surface area (Å²) in [6.07, 6.45) is -2.20. The minimum absolute atomic E-state index is 0.147. The zero-order valence-electron chi connectivity index (χ0n) is 14.5. The molecule has 2 aromatic rings. The van der Waals surface area contributed by atoms with E-state index in [0.717, 1.165) is 24.1 Å². The molecule has 1 aliphatic carbocycles. The summed E-state index contributed by atoms with van der Waals surface area (Å²) in [6, 6.07) is 14.3. The lowest BCUT2D eigenvalue weighted by Gasteiger charge is -2.36. The molecule has 0 amide bonds. The topological polar surface area (TPSA) is 29.5 Å². The normalized spacial score (nSPS) is 15.6. The SMILES string of the molecule is O=C1CCC(N(Cc2ccccc2)c2ccc(OC(F)(F)F)cc2Br)CC1. The molecule has 0 N–H and O–H groups in total. The van der Waals surface area contributed by atoms with Crippen molar-refractivity contribution < 1.29 is 22.7 Å². The first kappa shape index (κ1) is 19.7. The molecule has 0 unspecified atom stereocenters. The van der Waals surface area contributed by atoms with Crippen molar-refractivity contribution >= 4 is 27.4 Å². The van der Waals surface area contributed by atoms with Crippen LogP contribution in [0, 0.1) is 0 Å². The fourth-order valence-electron chi connectivity index (χ4n) is 3.34. The first-order valence-electron chi connectivity index (χ1n) is 8.69. The largest absolute Gasteiger partial charge is 0.573 e. The van der Waals surface area contributed by atoms with Gasteiger partial charge >= 0.3 is 6.36 Å². The van der Waals surface area contributed by atoms with Gasteiger partial charge in [0.15, 0.2) is 0 Å². The molecule has 0 spiro atoms. The second-order valence-electron chi connectivity index (χ2n) is 6.54. The number of Topliss-reactive ketones (excluding diaryl/α,β-unsaturated/α-hetero) is 1. The summed E-state index contributed by atoms with van der Waals surface area (Å²) >= 11 is 3.39. The summed E-state index contributed by atoms with van der Waals surface area (Å²) < 4.78 is 41.9. The van der Waals surface area contributed by atoms with Gasteiger partial charge in [0, 0.05) is 29.9 Å². The Labute approximate surface area is 164 Å². The number of ketones is 1. The number of carbonyl (C=O) groups excluding carboxylic acids is 1. The summed E-state index contributed by atoms with van der Waals surface area (Å²) in [5.74, 6) is -0.00416.